The highest BCUT2D eigenvalue weighted by Gasteiger charge is 2.38. The summed E-state index contributed by atoms with van der Waals surface area (Å²) in [6.07, 6.45) is -5.43. The fraction of sp³-hybridized carbons (Fsp3) is 0.615. The summed E-state index contributed by atoms with van der Waals surface area (Å²) < 4.78 is 55.6. The van der Waals surface area contributed by atoms with Crippen LogP contribution in [-0.4, -0.2) is 23.8 Å². The molecule has 0 aliphatic heterocycles. The molecule has 3 nitrogen and oxygen atoms in total. The molecular weight excluding hydrogens is 276 g/mol. The smallest absolute Gasteiger partial charge is 0.425 e. The van der Waals surface area contributed by atoms with Crippen molar-refractivity contribution < 1.29 is 22.3 Å². The van der Waals surface area contributed by atoms with E-state index in [1.54, 1.807) is 0 Å². The van der Waals surface area contributed by atoms with E-state index in [1.165, 1.54) is 12.3 Å². The summed E-state index contributed by atoms with van der Waals surface area (Å²) >= 11 is 0. The quantitative estimate of drug-likeness (QED) is 0.817. The zero-order chi connectivity index (χ0) is 15.3. The Kier molecular flexibility index (Phi) is 5.74. The van der Waals surface area contributed by atoms with E-state index in [0.717, 1.165) is 6.92 Å². The maximum absolute atomic E-state index is 14.0. The second-order valence-electron chi connectivity index (χ2n) is 4.92. The predicted octanol–water partition coefficient (Wildman–Crippen LogP) is 3.30. The molecule has 1 aromatic heterocycles. The highest BCUT2D eigenvalue weighted by Crippen LogP contribution is 2.26. The lowest BCUT2D eigenvalue weighted by atomic mass is 10.2. The van der Waals surface area contributed by atoms with Gasteiger partial charge >= 0.3 is 6.18 Å². The Balaban J connectivity index is 2.74. The van der Waals surface area contributed by atoms with Gasteiger partial charge in [-0.25, -0.2) is 9.37 Å². The molecular formula is C13H18F4N2O. The predicted molar refractivity (Wildman–Crippen MR) is 66.9 cm³/mol. The van der Waals surface area contributed by atoms with Gasteiger partial charge in [0.15, 0.2) is 11.9 Å². The van der Waals surface area contributed by atoms with Gasteiger partial charge < -0.3 is 10.1 Å². The first kappa shape index (κ1) is 16.7. The van der Waals surface area contributed by atoms with Crippen LogP contribution in [0.15, 0.2) is 12.3 Å². The molecule has 1 heterocycles. The average molecular weight is 294 g/mol. The van der Waals surface area contributed by atoms with Gasteiger partial charge in [-0.1, -0.05) is 13.8 Å². The van der Waals surface area contributed by atoms with Crippen LogP contribution in [0.3, 0.4) is 0 Å². The summed E-state index contributed by atoms with van der Waals surface area (Å²) in [5.74, 6) is -1.10. The molecule has 0 fully saturated rings. The number of halogens is 4. The van der Waals surface area contributed by atoms with E-state index >= 15 is 0 Å². The van der Waals surface area contributed by atoms with Crippen LogP contribution in [0.4, 0.5) is 17.6 Å². The average Bonchev–Trinajstić information content (AvgIpc) is 2.32. The van der Waals surface area contributed by atoms with Crippen LogP contribution >= 0.6 is 0 Å². The third-order valence-corrected chi connectivity index (χ3v) is 2.55. The normalized spacial score (nSPS) is 13.6. The van der Waals surface area contributed by atoms with E-state index in [0.29, 0.717) is 12.5 Å². The van der Waals surface area contributed by atoms with Gasteiger partial charge in [-0.2, -0.15) is 13.2 Å². The summed E-state index contributed by atoms with van der Waals surface area (Å²) in [5, 5.41) is 3.01. The van der Waals surface area contributed by atoms with E-state index in [4.69, 9.17) is 0 Å². The van der Waals surface area contributed by atoms with Crippen molar-refractivity contribution >= 4 is 0 Å². The molecule has 0 aliphatic carbocycles. The van der Waals surface area contributed by atoms with Crippen molar-refractivity contribution in [2.24, 2.45) is 5.92 Å². The standard InChI is InChI=1S/C13H18F4N2O/c1-8(2)6-18-7-10-4-5-19-12(11(10)14)20-9(3)13(15,16)17/h4-5,8-9,18H,6-7H2,1-3H3. The highest BCUT2D eigenvalue weighted by molar-refractivity contribution is 5.23. The van der Waals surface area contributed by atoms with E-state index in [-0.39, 0.29) is 12.1 Å². The minimum absolute atomic E-state index is 0.212. The number of rotatable bonds is 6. The van der Waals surface area contributed by atoms with E-state index in [9.17, 15) is 17.6 Å². The Morgan fingerprint density at radius 3 is 2.50 bits per heavy atom. The molecule has 0 bridgehead atoms. The molecule has 0 amide bonds. The van der Waals surface area contributed by atoms with Crippen molar-refractivity contribution in [2.45, 2.75) is 39.6 Å². The minimum atomic E-state index is -4.56. The molecule has 1 rings (SSSR count). The van der Waals surface area contributed by atoms with Gasteiger partial charge in [-0.05, 0) is 25.5 Å². The molecule has 7 heteroatoms. The van der Waals surface area contributed by atoms with Crippen LogP contribution in [0, 0.1) is 11.7 Å². The van der Waals surface area contributed by atoms with Crippen molar-refractivity contribution in [1.82, 2.24) is 10.3 Å². The second-order valence-corrected chi connectivity index (χ2v) is 4.92. The minimum Gasteiger partial charge on any atom is -0.463 e. The molecule has 0 radical (unpaired) electrons. The summed E-state index contributed by atoms with van der Waals surface area (Å²) in [6.45, 7) is 5.69. The van der Waals surface area contributed by atoms with Gasteiger partial charge in [0.05, 0.1) is 0 Å². The first-order chi connectivity index (χ1) is 9.21. The van der Waals surface area contributed by atoms with Crippen LogP contribution in [-0.2, 0) is 6.54 Å². The number of pyridine rings is 1. The number of nitrogens with zero attached hydrogens (tertiary/aromatic N) is 1. The largest absolute Gasteiger partial charge is 0.463 e. The molecule has 0 aromatic carbocycles. The summed E-state index contributed by atoms with van der Waals surface area (Å²) in [5.41, 5.74) is 0.227. The summed E-state index contributed by atoms with van der Waals surface area (Å²) in [4.78, 5) is 3.51. The zero-order valence-electron chi connectivity index (χ0n) is 11.6. The molecule has 0 spiro atoms. The molecule has 20 heavy (non-hydrogen) atoms. The molecule has 114 valence electrons. The van der Waals surface area contributed by atoms with Gasteiger partial charge in [0.25, 0.3) is 5.88 Å². The van der Waals surface area contributed by atoms with Crippen LogP contribution in [0.2, 0.25) is 0 Å². The third-order valence-electron chi connectivity index (χ3n) is 2.55. The van der Waals surface area contributed by atoms with Crippen molar-refractivity contribution in [3.63, 3.8) is 0 Å². The van der Waals surface area contributed by atoms with Crippen molar-refractivity contribution in [3.05, 3.63) is 23.6 Å². The molecule has 1 unspecified atom stereocenters. The maximum atomic E-state index is 14.0. The Morgan fingerprint density at radius 2 is 1.95 bits per heavy atom. The Hall–Kier alpha value is -1.37. The zero-order valence-corrected chi connectivity index (χ0v) is 11.6. The van der Waals surface area contributed by atoms with Gasteiger partial charge in [0.1, 0.15) is 0 Å². The monoisotopic (exact) mass is 294 g/mol. The number of hydrogen-bond donors (Lipinski definition) is 1. The van der Waals surface area contributed by atoms with Crippen LogP contribution < -0.4 is 10.1 Å². The lowest BCUT2D eigenvalue weighted by Crippen LogP contribution is -2.32. The lowest BCUT2D eigenvalue weighted by Gasteiger charge is -2.18. The first-order valence-corrected chi connectivity index (χ1v) is 6.29. The second kappa shape index (κ2) is 6.88. The van der Waals surface area contributed by atoms with Crippen molar-refractivity contribution in [3.8, 4) is 5.88 Å². The highest BCUT2D eigenvalue weighted by atomic mass is 19.4. The number of nitrogens with one attached hydrogen (secondary N) is 1. The maximum Gasteiger partial charge on any atom is 0.425 e. The number of alkyl halides is 3. The fourth-order valence-corrected chi connectivity index (χ4v) is 1.41. The van der Waals surface area contributed by atoms with Gasteiger partial charge in [-0.3, -0.25) is 0 Å². The SMILES string of the molecule is CC(C)CNCc1ccnc(OC(C)C(F)(F)F)c1F. The van der Waals surface area contributed by atoms with E-state index in [2.05, 4.69) is 15.0 Å². The molecule has 1 N–H and O–H groups in total. The Bertz CT molecular complexity index is 435. The van der Waals surface area contributed by atoms with Crippen molar-refractivity contribution in [2.75, 3.05) is 6.54 Å². The molecule has 0 saturated heterocycles. The fourth-order valence-electron chi connectivity index (χ4n) is 1.41. The first-order valence-electron chi connectivity index (χ1n) is 6.29. The summed E-state index contributed by atoms with van der Waals surface area (Å²) in [6, 6.07) is 1.41. The molecule has 1 aromatic rings. The topological polar surface area (TPSA) is 34.2 Å². The molecule has 1 atom stereocenters. The molecule has 0 aliphatic rings. The van der Waals surface area contributed by atoms with Gasteiger partial charge in [-0.15, -0.1) is 0 Å². The van der Waals surface area contributed by atoms with Crippen LogP contribution in [0.1, 0.15) is 26.3 Å². The number of ether oxygens (including phenoxy) is 1. The number of hydrogen-bond acceptors (Lipinski definition) is 3. The van der Waals surface area contributed by atoms with Crippen LogP contribution in [0.25, 0.3) is 0 Å². The van der Waals surface area contributed by atoms with Gasteiger partial charge in [0.2, 0.25) is 0 Å². The summed E-state index contributed by atoms with van der Waals surface area (Å²) in [7, 11) is 0. The third kappa shape index (κ3) is 4.96. The van der Waals surface area contributed by atoms with Crippen molar-refractivity contribution in [1.29, 1.82) is 0 Å². The van der Waals surface area contributed by atoms with Crippen LogP contribution in [0.5, 0.6) is 5.88 Å². The van der Waals surface area contributed by atoms with Gasteiger partial charge in [0, 0.05) is 18.3 Å². The molecule has 0 saturated carbocycles. The number of aromatic nitrogens is 1. The van der Waals surface area contributed by atoms with E-state index in [1.807, 2.05) is 13.8 Å². The lowest BCUT2D eigenvalue weighted by molar-refractivity contribution is -0.190. The van der Waals surface area contributed by atoms with E-state index < -0.39 is 24.0 Å². The Morgan fingerprint density at radius 1 is 1.30 bits per heavy atom. The Labute approximate surface area is 115 Å².